The van der Waals surface area contributed by atoms with E-state index in [1.54, 1.807) is 0 Å². The van der Waals surface area contributed by atoms with Crippen LogP contribution in [0.3, 0.4) is 0 Å². The average Bonchev–Trinajstić information content (AvgIpc) is 2.74. The highest BCUT2D eigenvalue weighted by Gasteiger charge is 2.21. The number of likely N-dealkylation sites (tertiary alicyclic amines) is 1. The molecule has 1 N–H and O–H groups in total. The molecule has 2 aromatic rings. The van der Waals surface area contributed by atoms with Gasteiger partial charge < -0.3 is 9.88 Å². The molecule has 1 aliphatic rings. The quantitative estimate of drug-likeness (QED) is 0.842. The number of aryl methyl sites for hydroxylation is 2. The van der Waals surface area contributed by atoms with E-state index in [9.17, 15) is 4.79 Å². The average molecular weight is 284 g/mol. The Balaban J connectivity index is 1.89. The molecule has 0 saturated carbocycles. The summed E-state index contributed by atoms with van der Waals surface area (Å²) in [5, 5.41) is 1.16. The summed E-state index contributed by atoms with van der Waals surface area (Å²) in [6.45, 7) is 8.24. The van der Waals surface area contributed by atoms with E-state index in [0.717, 1.165) is 48.4 Å². The van der Waals surface area contributed by atoms with Gasteiger partial charge in [-0.3, -0.25) is 4.79 Å². The van der Waals surface area contributed by atoms with Crippen molar-refractivity contribution in [2.75, 3.05) is 13.1 Å². The van der Waals surface area contributed by atoms with E-state index in [-0.39, 0.29) is 5.91 Å². The molecule has 21 heavy (non-hydrogen) atoms. The Labute approximate surface area is 126 Å². The van der Waals surface area contributed by atoms with Gasteiger partial charge in [-0.2, -0.15) is 0 Å². The monoisotopic (exact) mass is 284 g/mol. The summed E-state index contributed by atoms with van der Waals surface area (Å²) in [5.41, 5.74) is 4.25. The lowest BCUT2D eigenvalue weighted by Crippen LogP contribution is -2.32. The highest BCUT2D eigenvalue weighted by atomic mass is 16.2. The summed E-state index contributed by atoms with van der Waals surface area (Å²) in [5.74, 6) is 0.882. The molecule has 1 amide bonds. The van der Waals surface area contributed by atoms with Gasteiger partial charge in [-0.05, 0) is 62.3 Å². The molecule has 112 valence electrons. The summed E-state index contributed by atoms with van der Waals surface area (Å²) < 4.78 is 0. The predicted molar refractivity (Wildman–Crippen MR) is 86.7 cm³/mol. The number of carbonyl (C=O) groups is 1. The Hall–Kier alpha value is -1.77. The number of fused-ring (bicyclic) bond motifs is 1. The largest absolute Gasteiger partial charge is 0.351 e. The lowest BCUT2D eigenvalue weighted by atomic mass is 10.0. The molecule has 1 aromatic carbocycles. The summed E-state index contributed by atoms with van der Waals surface area (Å²) in [6, 6.07) is 6.29. The van der Waals surface area contributed by atoms with Crippen LogP contribution in [-0.2, 0) is 0 Å². The zero-order valence-electron chi connectivity index (χ0n) is 13.2. The molecule has 1 aliphatic heterocycles. The Kier molecular flexibility index (Phi) is 3.75. The Bertz CT molecular complexity index is 671. The second-order valence-electron chi connectivity index (χ2n) is 6.55. The number of aromatic nitrogens is 1. The summed E-state index contributed by atoms with van der Waals surface area (Å²) >= 11 is 0. The van der Waals surface area contributed by atoms with Gasteiger partial charge in [-0.25, -0.2) is 0 Å². The van der Waals surface area contributed by atoms with Crippen LogP contribution in [0.25, 0.3) is 10.9 Å². The lowest BCUT2D eigenvalue weighted by Gasteiger charge is -2.19. The van der Waals surface area contributed by atoms with Crippen LogP contribution in [0.15, 0.2) is 18.2 Å². The number of H-pyrrole nitrogens is 1. The molecule has 3 heteroatoms. The third-order valence-corrected chi connectivity index (χ3v) is 4.62. The van der Waals surface area contributed by atoms with Crippen molar-refractivity contribution in [1.29, 1.82) is 0 Å². The van der Waals surface area contributed by atoms with E-state index < -0.39 is 0 Å². The molecule has 0 bridgehead atoms. The molecule has 1 aromatic heterocycles. The number of nitrogens with zero attached hydrogens (tertiary/aromatic N) is 1. The fraction of sp³-hybridized carbons (Fsp3) is 0.500. The molecular formula is C18H24N2O. The summed E-state index contributed by atoms with van der Waals surface area (Å²) in [7, 11) is 0. The maximum absolute atomic E-state index is 12.7. The number of amides is 1. The topological polar surface area (TPSA) is 36.1 Å². The Morgan fingerprint density at radius 1 is 1.19 bits per heavy atom. The van der Waals surface area contributed by atoms with Crippen molar-refractivity contribution in [3.8, 4) is 0 Å². The smallest absolute Gasteiger partial charge is 0.270 e. The number of rotatable bonds is 1. The molecule has 0 aliphatic carbocycles. The molecule has 0 spiro atoms. The van der Waals surface area contributed by atoms with Gasteiger partial charge in [0, 0.05) is 24.0 Å². The summed E-state index contributed by atoms with van der Waals surface area (Å²) in [4.78, 5) is 18.0. The van der Waals surface area contributed by atoms with Crippen molar-refractivity contribution in [3.63, 3.8) is 0 Å². The third kappa shape index (κ3) is 2.82. The van der Waals surface area contributed by atoms with Crippen molar-refractivity contribution in [2.45, 2.75) is 40.0 Å². The highest BCUT2D eigenvalue weighted by Crippen LogP contribution is 2.23. The molecule has 1 atom stereocenters. The van der Waals surface area contributed by atoms with Crippen LogP contribution in [0.4, 0.5) is 0 Å². The summed E-state index contributed by atoms with van der Waals surface area (Å²) in [6.07, 6.45) is 3.46. The normalized spacial score (nSPS) is 19.8. The zero-order chi connectivity index (χ0) is 15.0. The Morgan fingerprint density at radius 3 is 2.81 bits per heavy atom. The van der Waals surface area contributed by atoms with Gasteiger partial charge in [0.1, 0.15) is 5.69 Å². The van der Waals surface area contributed by atoms with Crippen LogP contribution >= 0.6 is 0 Å². The molecule has 1 unspecified atom stereocenters. The van der Waals surface area contributed by atoms with Crippen LogP contribution in [0.5, 0.6) is 0 Å². The van der Waals surface area contributed by atoms with E-state index in [0.29, 0.717) is 0 Å². The van der Waals surface area contributed by atoms with E-state index in [4.69, 9.17) is 0 Å². The van der Waals surface area contributed by atoms with Crippen molar-refractivity contribution in [3.05, 3.63) is 35.0 Å². The molecule has 0 radical (unpaired) electrons. The first-order valence-corrected chi connectivity index (χ1v) is 7.94. The van der Waals surface area contributed by atoms with Crippen molar-refractivity contribution >= 4 is 16.8 Å². The zero-order valence-corrected chi connectivity index (χ0v) is 13.2. The number of benzene rings is 1. The lowest BCUT2D eigenvalue weighted by molar-refractivity contribution is 0.0755. The van der Waals surface area contributed by atoms with Crippen LogP contribution < -0.4 is 0 Å². The number of nitrogens with one attached hydrogen (secondary N) is 1. The SMILES string of the molecule is Cc1cc(C)c2cc(C(=O)N3CCCC(C)CC3)[nH]c2c1. The van der Waals surface area contributed by atoms with Gasteiger partial charge >= 0.3 is 0 Å². The van der Waals surface area contributed by atoms with E-state index in [2.05, 4.69) is 37.9 Å². The third-order valence-electron chi connectivity index (χ3n) is 4.62. The van der Waals surface area contributed by atoms with Crippen LogP contribution in [0, 0.1) is 19.8 Å². The van der Waals surface area contributed by atoms with Crippen LogP contribution in [0.2, 0.25) is 0 Å². The molecule has 3 rings (SSSR count). The number of hydrogen-bond acceptors (Lipinski definition) is 1. The second kappa shape index (κ2) is 5.55. The van der Waals surface area contributed by atoms with Crippen molar-refractivity contribution < 1.29 is 4.79 Å². The van der Waals surface area contributed by atoms with Gasteiger partial charge in [0.05, 0.1) is 0 Å². The van der Waals surface area contributed by atoms with E-state index >= 15 is 0 Å². The number of aromatic amines is 1. The van der Waals surface area contributed by atoms with Gasteiger partial charge in [0.25, 0.3) is 5.91 Å². The maximum atomic E-state index is 12.7. The van der Waals surface area contributed by atoms with E-state index in [1.165, 1.54) is 17.5 Å². The Morgan fingerprint density at radius 2 is 2.00 bits per heavy atom. The van der Waals surface area contributed by atoms with Gasteiger partial charge in [-0.1, -0.05) is 13.0 Å². The highest BCUT2D eigenvalue weighted by molar-refractivity contribution is 5.99. The molecule has 3 nitrogen and oxygen atoms in total. The first kappa shape index (κ1) is 14.2. The minimum Gasteiger partial charge on any atom is -0.351 e. The van der Waals surface area contributed by atoms with Crippen LogP contribution in [-0.4, -0.2) is 28.9 Å². The predicted octanol–water partition coefficient (Wildman–Crippen LogP) is 4.05. The number of carbonyl (C=O) groups excluding carboxylic acids is 1. The van der Waals surface area contributed by atoms with Gasteiger partial charge in [0.15, 0.2) is 0 Å². The second-order valence-corrected chi connectivity index (χ2v) is 6.55. The molecule has 2 heterocycles. The standard InChI is InChI=1S/C18H24N2O/c1-12-5-4-7-20(8-6-12)18(21)17-11-15-14(3)9-13(2)10-16(15)19-17/h9-12,19H,4-8H2,1-3H3. The fourth-order valence-corrected chi connectivity index (χ4v) is 3.35. The number of hydrogen-bond donors (Lipinski definition) is 1. The molecule has 1 saturated heterocycles. The minimum atomic E-state index is 0.150. The van der Waals surface area contributed by atoms with Crippen molar-refractivity contribution in [1.82, 2.24) is 9.88 Å². The maximum Gasteiger partial charge on any atom is 0.270 e. The molecule has 1 fully saturated rings. The molecular weight excluding hydrogens is 260 g/mol. The van der Waals surface area contributed by atoms with Gasteiger partial charge in [0.2, 0.25) is 0 Å². The minimum absolute atomic E-state index is 0.150. The van der Waals surface area contributed by atoms with Crippen molar-refractivity contribution in [2.24, 2.45) is 5.92 Å². The van der Waals surface area contributed by atoms with E-state index in [1.807, 2.05) is 11.0 Å². The first-order valence-electron chi connectivity index (χ1n) is 7.94. The fourth-order valence-electron chi connectivity index (χ4n) is 3.35. The van der Waals surface area contributed by atoms with Gasteiger partial charge in [-0.15, -0.1) is 0 Å². The van der Waals surface area contributed by atoms with Crippen LogP contribution in [0.1, 0.15) is 47.8 Å². The first-order chi connectivity index (χ1) is 10.0.